The smallest absolute Gasteiger partial charge is 0.277 e. The molecule has 0 aliphatic carbocycles. The number of rotatable bonds is 5. The number of amides is 1. The Labute approximate surface area is 135 Å². The van der Waals surface area contributed by atoms with E-state index < -0.39 is 5.91 Å². The number of aromatic nitrogens is 1. The number of benzene rings is 1. The van der Waals surface area contributed by atoms with Crippen LogP contribution in [-0.4, -0.2) is 23.7 Å². The van der Waals surface area contributed by atoms with Crippen molar-refractivity contribution < 1.29 is 9.53 Å². The third kappa shape index (κ3) is 4.67. The minimum atomic E-state index is -0.445. The molecule has 1 amide bonds. The van der Waals surface area contributed by atoms with Gasteiger partial charge in [-0.15, -0.1) is 0 Å². The van der Waals surface area contributed by atoms with Gasteiger partial charge in [0.2, 0.25) is 0 Å². The number of ether oxygens (including phenoxy) is 1. The highest BCUT2D eigenvalue weighted by molar-refractivity contribution is 6.40. The molecule has 8 heteroatoms. The molecule has 2 N–H and O–H groups in total. The van der Waals surface area contributed by atoms with Crippen molar-refractivity contribution in [2.75, 3.05) is 6.61 Å². The van der Waals surface area contributed by atoms with Gasteiger partial charge in [-0.05, 0) is 24.3 Å². The predicted octanol–water partition coefficient (Wildman–Crippen LogP) is 3.50. The molecule has 1 aromatic carbocycles. The summed E-state index contributed by atoms with van der Waals surface area (Å²) < 4.78 is 5.26. The summed E-state index contributed by atoms with van der Waals surface area (Å²) in [6.07, 6.45) is 3.22. The average Bonchev–Trinajstić information content (AvgIpc) is 2.90. The maximum atomic E-state index is 11.6. The Balaban J connectivity index is 1.87. The molecular formula is C13H10Cl3N3O2. The Bertz CT molecular complexity index is 634. The Kier molecular flexibility index (Phi) is 5.50. The van der Waals surface area contributed by atoms with Crippen LogP contribution in [0.5, 0.6) is 5.75 Å². The molecule has 0 spiro atoms. The Morgan fingerprint density at radius 1 is 1.33 bits per heavy atom. The first-order valence-corrected chi connectivity index (χ1v) is 6.92. The lowest BCUT2D eigenvalue weighted by Crippen LogP contribution is -2.24. The molecule has 0 fully saturated rings. The third-order valence-corrected chi connectivity index (χ3v) is 3.11. The molecule has 0 atom stereocenters. The summed E-state index contributed by atoms with van der Waals surface area (Å²) in [7, 11) is 0. The van der Waals surface area contributed by atoms with Crippen LogP contribution in [0.15, 0.2) is 35.6 Å². The monoisotopic (exact) mass is 345 g/mol. The standard InChI is InChI=1S/C13H10Cl3N3O2/c14-8-4-10(15)13(11(16)5-8)21-7-12(20)19-18-6-9-2-1-3-17-9/h1-6,17H,7H2,(H,19,20)/b18-6-. The zero-order valence-corrected chi connectivity index (χ0v) is 12.8. The lowest BCUT2D eigenvalue weighted by molar-refractivity contribution is -0.123. The van der Waals surface area contributed by atoms with Crippen molar-refractivity contribution in [1.29, 1.82) is 0 Å². The Morgan fingerprint density at radius 3 is 2.67 bits per heavy atom. The molecule has 21 heavy (non-hydrogen) atoms. The van der Waals surface area contributed by atoms with Gasteiger partial charge in [-0.3, -0.25) is 4.79 Å². The van der Waals surface area contributed by atoms with Gasteiger partial charge in [0.15, 0.2) is 12.4 Å². The number of hydrogen-bond donors (Lipinski definition) is 2. The second-order valence-corrected chi connectivity index (χ2v) is 5.16. The number of nitrogens with one attached hydrogen (secondary N) is 2. The van der Waals surface area contributed by atoms with Crippen LogP contribution >= 0.6 is 34.8 Å². The van der Waals surface area contributed by atoms with E-state index in [-0.39, 0.29) is 22.4 Å². The lowest BCUT2D eigenvalue weighted by Gasteiger charge is -2.09. The number of aromatic amines is 1. The first kappa shape index (κ1) is 15.7. The number of H-pyrrole nitrogens is 1. The molecule has 0 saturated heterocycles. The van der Waals surface area contributed by atoms with Crippen molar-refractivity contribution in [3.05, 3.63) is 51.2 Å². The molecule has 1 aromatic heterocycles. The topological polar surface area (TPSA) is 66.5 Å². The number of hydrogen-bond acceptors (Lipinski definition) is 3. The van der Waals surface area contributed by atoms with Gasteiger partial charge in [-0.25, -0.2) is 5.43 Å². The number of nitrogens with zero attached hydrogens (tertiary/aromatic N) is 1. The van der Waals surface area contributed by atoms with Crippen molar-refractivity contribution in [3.63, 3.8) is 0 Å². The van der Waals surface area contributed by atoms with Gasteiger partial charge in [-0.2, -0.15) is 5.10 Å². The van der Waals surface area contributed by atoms with Gasteiger partial charge in [-0.1, -0.05) is 34.8 Å². The average molecular weight is 347 g/mol. The van der Waals surface area contributed by atoms with Gasteiger partial charge >= 0.3 is 0 Å². The maximum absolute atomic E-state index is 11.6. The van der Waals surface area contributed by atoms with E-state index in [0.29, 0.717) is 5.02 Å². The highest BCUT2D eigenvalue weighted by atomic mass is 35.5. The lowest BCUT2D eigenvalue weighted by atomic mass is 10.3. The fourth-order valence-electron chi connectivity index (χ4n) is 1.44. The van der Waals surface area contributed by atoms with Crippen LogP contribution in [-0.2, 0) is 4.79 Å². The number of halogens is 3. The number of hydrazone groups is 1. The van der Waals surface area contributed by atoms with E-state index in [0.717, 1.165) is 5.69 Å². The van der Waals surface area contributed by atoms with Crippen molar-refractivity contribution in [2.45, 2.75) is 0 Å². The molecular weight excluding hydrogens is 337 g/mol. The van der Waals surface area contributed by atoms with Crippen LogP contribution in [0, 0.1) is 0 Å². The normalized spacial score (nSPS) is 10.8. The minimum Gasteiger partial charge on any atom is -0.481 e. The van der Waals surface area contributed by atoms with Crippen molar-refractivity contribution in [1.82, 2.24) is 10.4 Å². The fraction of sp³-hybridized carbons (Fsp3) is 0.0769. The van der Waals surface area contributed by atoms with Gasteiger partial charge in [0.1, 0.15) is 0 Å². The molecule has 0 radical (unpaired) electrons. The highest BCUT2D eigenvalue weighted by Gasteiger charge is 2.11. The van der Waals surface area contributed by atoms with E-state index in [2.05, 4.69) is 15.5 Å². The first-order chi connectivity index (χ1) is 10.1. The van der Waals surface area contributed by atoms with Crippen LogP contribution in [0.4, 0.5) is 0 Å². The SMILES string of the molecule is O=C(COc1c(Cl)cc(Cl)cc1Cl)N/N=C\c1ccc[nH]1. The van der Waals surface area contributed by atoms with Gasteiger partial charge in [0.05, 0.1) is 22.0 Å². The van der Waals surface area contributed by atoms with E-state index in [4.69, 9.17) is 39.5 Å². The summed E-state index contributed by atoms with van der Waals surface area (Å²) >= 11 is 17.6. The van der Waals surface area contributed by atoms with Gasteiger partial charge in [0, 0.05) is 11.2 Å². The Hall–Kier alpha value is -1.69. The third-order valence-electron chi connectivity index (χ3n) is 2.33. The molecule has 0 aliphatic heterocycles. The molecule has 0 saturated carbocycles. The molecule has 2 aromatic rings. The quantitative estimate of drug-likeness (QED) is 0.643. The molecule has 0 bridgehead atoms. The Morgan fingerprint density at radius 2 is 2.05 bits per heavy atom. The van der Waals surface area contributed by atoms with Gasteiger partial charge in [0.25, 0.3) is 5.91 Å². The minimum absolute atomic E-state index is 0.200. The highest BCUT2D eigenvalue weighted by Crippen LogP contribution is 2.35. The molecule has 5 nitrogen and oxygen atoms in total. The molecule has 0 unspecified atom stereocenters. The largest absolute Gasteiger partial charge is 0.481 e. The number of carbonyl (C=O) groups is 1. The zero-order chi connectivity index (χ0) is 15.2. The second kappa shape index (κ2) is 7.36. The van der Waals surface area contributed by atoms with Crippen molar-refractivity contribution in [3.8, 4) is 5.75 Å². The van der Waals surface area contributed by atoms with Crippen molar-refractivity contribution >= 4 is 46.9 Å². The van der Waals surface area contributed by atoms with Crippen molar-refractivity contribution in [2.24, 2.45) is 5.10 Å². The molecule has 110 valence electrons. The van der Waals surface area contributed by atoms with Crippen LogP contribution in [0.2, 0.25) is 15.1 Å². The van der Waals surface area contributed by atoms with Crippen LogP contribution in [0.1, 0.15) is 5.69 Å². The fourth-order valence-corrected chi connectivity index (χ4v) is 2.36. The predicted molar refractivity (Wildman–Crippen MR) is 83.5 cm³/mol. The van der Waals surface area contributed by atoms with Crippen LogP contribution in [0.3, 0.4) is 0 Å². The van der Waals surface area contributed by atoms with Gasteiger partial charge < -0.3 is 9.72 Å². The van der Waals surface area contributed by atoms with E-state index in [1.165, 1.54) is 18.3 Å². The molecule has 1 heterocycles. The molecule has 0 aliphatic rings. The summed E-state index contributed by atoms with van der Waals surface area (Å²) in [6.45, 7) is -0.275. The molecule has 2 rings (SSSR count). The zero-order valence-electron chi connectivity index (χ0n) is 10.6. The van der Waals surface area contributed by atoms with E-state index >= 15 is 0 Å². The van der Waals surface area contributed by atoms with E-state index in [9.17, 15) is 4.79 Å². The van der Waals surface area contributed by atoms with Crippen LogP contribution < -0.4 is 10.2 Å². The first-order valence-electron chi connectivity index (χ1n) is 5.79. The number of carbonyl (C=O) groups excluding carboxylic acids is 1. The second-order valence-electron chi connectivity index (χ2n) is 3.91. The summed E-state index contributed by atoms with van der Waals surface area (Å²) in [5, 5.41) is 4.61. The summed E-state index contributed by atoms with van der Waals surface area (Å²) in [5.74, 6) is -0.244. The van der Waals surface area contributed by atoms with Crippen LogP contribution in [0.25, 0.3) is 0 Å². The summed E-state index contributed by atoms with van der Waals surface area (Å²) in [6, 6.07) is 6.58. The maximum Gasteiger partial charge on any atom is 0.277 e. The van der Waals surface area contributed by atoms with E-state index in [1.807, 2.05) is 6.07 Å². The van der Waals surface area contributed by atoms with E-state index in [1.54, 1.807) is 12.3 Å². The summed E-state index contributed by atoms with van der Waals surface area (Å²) in [5.41, 5.74) is 3.08. The summed E-state index contributed by atoms with van der Waals surface area (Å²) in [4.78, 5) is 14.5.